The normalized spacial score (nSPS) is 24.8. The first-order valence-corrected chi connectivity index (χ1v) is 9.53. The van der Waals surface area contributed by atoms with Crippen LogP contribution in [0.15, 0.2) is 12.1 Å². The zero-order valence-corrected chi connectivity index (χ0v) is 15.6. The van der Waals surface area contributed by atoms with E-state index >= 15 is 0 Å². The van der Waals surface area contributed by atoms with Crippen molar-refractivity contribution in [2.24, 2.45) is 0 Å². The van der Waals surface area contributed by atoms with Crippen LogP contribution in [0.25, 0.3) is 0 Å². The Labute approximate surface area is 149 Å². The monoisotopic (exact) mass is 348 g/mol. The maximum absolute atomic E-state index is 14.2. The lowest BCUT2D eigenvalue weighted by Gasteiger charge is -2.32. The van der Waals surface area contributed by atoms with Gasteiger partial charge in [-0.05, 0) is 88.0 Å². The van der Waals surface area contributed by atoms with Crippen molar-refractivity contribution in [3.05, 3.63) is 34.6 Å². The highest BCUT2D eigenvalue weighted by Gasteiger charge is 2.41. The Morgan fingerprint density at radius 3 is 2.52 bits per heavy atom. The Balaban J connectivity index is 1.72. The highest BCUT2D eigenvalue weighted by atomic mass is 19.1. The van der Waals surface area contributed by atoms with Crippen LogP contribution in [0.4, 0.5) is 4.39 Å². The van der Waals surface area contributed by atoms with E-state index in [-0.39, 0.29) is 23.8 Å². The fourth-order valence-corrected chi connectivity index (χ4v) is 4.01. The van der Waals surface area contributed by atoms with Gasteiger partial charge >= 0.3 is 5.97 Å². The van der Waals surface area contributed by atoms with Crippen molar-refractivity contribution in [3.8, 4) is 0 Å². The molecule has 0 spiro atoms. The van der Waals surface area contributed by atoms with Crippen molar-refractivity contribution in [1.82, 2.24) is 0 Å². The fraction of sp³-hybridized carbons (Fsp3) is 0.667. The second-order valence-electron chi connectivity index (χ2n) is 7.77. The van der Waals surface area contributed by atoms with Gasteiger partial charge in [0.15, 0.2) is 0 Å². The van der Waals surface area contributed by atoms with Crippen molar-refractivity contribution >= 4 is 5.97 Å². The van der Waals surface area contributed by atoms with Crippen molar-refractivity contribution in [2.75, 3.05) is 6.61 Å². The van der Waals surface area contributed by atoms with Crippen LogP contribution in [0.2, 0.25) is 0 Å². The number of halogens is 1. The van der Waals surface area contributed by atoms with Crippen molar-refractivity contribution < 1.29 is 18.7 Å². The lowest BCUT2D eigenvalue weighted by atomic mass is 9.78. The van der Waals surface area contributed by atoms with Gasteiger partial charge < -0.3 is 9.47 Å². The van der Waals surface area contributed by atoms with E-state index in [1.54, 1.807) is 13.0 Å². The van der Waals surface area contributed by atoms with Crippen LogP contribution in [0.1, 0.15) is 75.0 Å². The maximum Gasteiger partial charge on any atom is 0.310 e. The van der Waals surface area contributed by atoms with Gasteiger partial charge in [0.2, 0.25) is 0 Å². The number of benzene rings is 1. The minimum absolute atomic E-state index is 0.112. The van der Waals surface area contributed by atoms with Gasteiger partial charge in [-0.25, -0.2) is 4.39 Å². The molecule has 0 heterocycles. The Morgan fingerprint density at radius 2 is 1.92 bits per heavy atom. The Hall–Kier alpha value is -1.42. The highest BCUT2D eigenvalue weighted by molar-refractivity contribution is 5.73. The topological polar surface area (TPSA) is 35.5 Å². The molecule has 3 rings (SSSR count). The number of carbonyl (C=O) groups is 1. The summed E-state index contributed by atoms with van der Waals surface area (Å²) in [6.07, 6.45) is 6.87. The maximum atomic E-state index is 14.2. The first-order valence-electron chi connectivity index (χ1n) is 9.53. The van der Waals surface area contributed by atoms with Gasteiger partial charge in [0.05, 0.1) is 24.7 Å². The van der Waals surface area contributed by atoms with Crippen LogP contribution in [-0.2, 0) is 20.7 Å². The zero-order valence-electron chi connectivity index (χ0n) is 15.6. The van der Waals surface area contributed by atoms with E-state index in [0.29, 0.717) is 24.2 Å². The van der Waals surface area contributed by atoms with Gasteiger partial charge in [0.1, 0.15) is 5.82 Å². The lowest BCUT2D eigenvalue weighted by Crippen LogP contribution is -2.26. The highest BCUT2D eigenvalue weighted by Crippen LogP contribution is 2.44. The molecule has 0 bridgehead atoms. The molecule has 4 heteroatoms. The van der Waals surface area contributed by atoms with Gasteiger partial charge in [-0.2, -0.15) is 0 Å². The fourth-order valence-electron chi connectivity index (χ4n) is 4.01. The van der Waals surface area contributed by atoms with E-state index in [9.17, 15) is 9.18 Å². The third-order valence-corrected chi connectivity index (χ3v) is 5.67. The molecule has 0 aliphatic heterocycles. The van der Waals surface area contributed by atoms with Crippen molar-refractivity contribution in [3.63, 3.8) is 0 Å². The summed E-state index contributed by atoms with van der Waals surface area (Å²) < 4.78 is 25.5. The van der Waals surface area contributed by atoms with Gasteiger partial charge in [-0.15, -0.1) is 0 Å². The Kier molecular flexibility index (Phi) is 5.47. The third-order valence-electron chi connectivity index (χ3n) is 5.67. The average Bonchev–Trinajstić information content (AvgIpc) is 3.30. The number of hydrogen-bond acceptors (Lipinski definition) is 3. The summed E-state index contributed by atoms with van der Waals surface area (Å²) in [6.45, 7) is 6.19. The van der Waals surface area contributed by atoms with Crippen LogP contribution < -0.4 is 0 Å². The van der Waals surface area contributed by atoms with Crippen molar-refractivity contribution in [1.29, 1.82) is 0 Å². The van der Waals surface area contributed by atoms with Crippen LogP contribution in [0.3, 0.4) is 0 Å². The largest absolute Gasteiger partial charge is 0.466 e. The molecular weight excluding hydrogens is 319 g/mol. The minimum atomic E-state index is -0.242. The van der Waals surface area contributed by atoms with E-state index < -0.39 is 0 Å². The first-order chi connectivity index (χ1) is 11.9. The van der Waals surface area contributed by atoms with Gasteiger partial charge in [0.25, 0.3) is 0 Å². The summed E-state index contributed by atoms with van der Waals surface area (Å²) in [7, 11) is 0. The standard InChI is InChI=1S/C21H29FO3/c1-4-24-19(23)13-16-7-10-18(22)14(2)20(16)15-5-8-17(9-6-15)25-21(3)11-12-21/h7,10,15,17H,4-6,8-9,11-13H2,1-3H3. The number of hydrogen-bond donors (Lipinski definition) is 0. The minimum Gasteiger partial charge on any atom is -0.466 e. The van der Waals surface area contributed by atoms with E-state index in [1.807, 2.05) is 6.92 Å². The summed E-state index contributed by atoms with van der Waals surface area (Å²) in [6, 6.07) is 3.22. The van der Waals surface area contributed by atoms with Gasteiger partial charge in [-0.1, -0.05) is 6.07 Å². The molecule has 3 nitrogen and oxygen atoms in total. The molecule has 1 aromatic carbocycles. The first kappa shape index (κ1) is 18.4. The second kappa shape index (κ2) is 7.45. The molecule has 1 aromatic rings. The van der Waals surface area contributed by atoms with E-state index in [0.717, 1.165) is 36.8 Å². The van der Waals surface area contributed by atoms with Crippen molar-refractivity contribution in [2.45, 2.75) is 83.3 Å². The number of rotatable bonds is 6. The Bertz CT molecular complexity index is 628. The van der Waals surface area contributed by atoms with E-state index in [2.05, 4.69) is 6.92 Å². The second-order valence-corrected chi connectivity index (χ2v) is 7.77. The molecule has 25 heavy (non-hydrogen) atoms. The molecule has 0 N–H and O–H groups in total. The average molecular weight is 348 g/mol. The van der Waals surface area contributed by atoms with Crippen LogP contribution in [-0.4, -0.2) is 24.3 Å². The van der Waals surface area contributed by atoms with E-state index in [4.69, 9.17) is 9.47 Å². The molecular formula is C21H29FO3. The summed E-state index contributed by atoms with van der Waals surface area (Å²) in [5.41, 5.74) is 2.72. The molecule has 0 aromatic heterocycles. The summed E-state index contributed by atoms with van der Waals surface area (Å²) in [5.74, 6) is -0.133. The van der Waals surface area contributed by atoms with Gasteiger partial charge in [-0.3, -0.25) is 4.79 Å². The molecule has 0 unspecified atom stereocenters. The summed E-state index contributed by atoms with van der Waals surface area (Å²) in [5, 5.41) is 0. The predicted molar refractivity (Wildman–Crippen MR) is 95.2 cm³/mol. The van der Waals surface area contributed by atoms with Crippen LogP contribution >= 0.6 is 0 Å². The third kappa shape index (κ3) is 4.41. The summed E-state index contributed by atoms with van der Waals surface area (Å²) in [4.78, 5) is 11.9. The molecule has 0 atom stereocenters. The summed E-state index contributed by atoms with van der Waals surface area (Å²) >= 11 is 0. The van der Waals surface area contributed by atoms with E-state index in [1.165, 1.54) is 18.9 Å². The molecule has 2 aliphatic rings. The molecule has 0 amide bonds. The molecule has 2 fully saturated rings. The smallest absolute Gasteiger partial charge is 0.310 e. The van der Waals surface area contributed by atoms with Crippen LogP contribution in [0, 0.1) is 12.7 Å². The molecule has 0 saturated heterocycles. The van der Waals surface area contributed by atoms with Gasteiger partial charge in [0, 0.05) is 0 Å². The zero-order chi connectivity index (χ0) is 18.0. The SMILES string of the molecule is CCOC(=O)Cc1ccc(F)c(C)c1C1CCC(OC2(C)CC2)CC1. The number of ether oxygens (including phenoxy) is 2. The predicted octanol–water partition coefficient (Wildman–Crippen LogP) is 4.84. The molecule has 138 valence electrons. The quantitative estimate of drug-likeness (QED) is 0.691. The number of carbonyl (C=O) groups excluding carboxylic acids is 1. The lowest BCUT2D eigenvalue weighted by molar-refractivity contribution is -0.142. The molecule has 0 radical (unpaired) electrons. The number of esters is 1. The van der Waals surface area contributed by atoms with Crippen LogP contribution in [0.5, 0.6) is 0 Å². The molecule has 2 saturated carbocycles. The Morgan fingerprint density at radius 1 is 1.24 bits per heavy atom. The molecule has 2 aliphatic carbocycles.